The zero-order valence-corrected chi connectivity index (χ0v) is 15.3. The first-order valence-electron chi connectivity index (χ1n) is 7.11. The highest BCUT2D eigenvalue weighted by Crippen LogP contribution is 2.27. The van der Waals surface area contributed by atoms with Crippen LogP contribution in [0.1, 0.15) is 13.3 Å². The number of halogens is 2. The second kappa shape index (κ2) is 8.63. The van der Waals surface area contributed by atoms with Gasteiger partial charge in [0, 0.05) is 38.6 Å². The van der Waals surface area contributed by atoms with Crippen LogP contribution >= 0.6 is 36.2 Å². The Hall–Kier alpha value is -1.15. The summed E-state index contributed by atoms with van der Waals surface area (Å²) in [5, 5.41) is 3.13. The van der Waals surface area contributed by atoms with Gasteiger partial charge in [0.25, 0.3) is 0 Å². The number of hydrogen-bond acceptors (Lipinski definition) is 6. The maximum absolute atomic E-state index is 12.0. The smallest absolute Gasteiger partial charge is 0.224 e. The van der Waals surface area contributed by atoms with Crippen LogP contribution in [-0.2, 0) is 4.79 Å². The Balaban J connectivity index is 0.00000132. The maximum Gasteiger partial charge on any atom is 0.224 e. The zero-order valence-electron chi connectivity index (χ0n) is 12.8. The van der Waals surface area contributed by atoms with E-state index in [2.05, 4.69) is 20.9 Å². The molecule has 1 fully saturated rings. The van der Waals surface area contributed by atoms with Crippen molar-refractivity contribution in [2.75, 3.05) is 31.1 Å². The lowest BCUT2D eigenvalue weighted by molar-refractivity contribution is -0.131. The number of fused-ring (bicyclic) bond motifs is 1. The third-order valence-corrected chi connectivity index (χ3v) is 4.49. The molecule has 1 aliphatic heterocycles. The van der Waals surface area contributed by atoms with Crippen molar-refractivity contribution in [3.8, 4) is 0 Å². The molecule has 0 spiro atoms. The number of rotatable bonds is 3. The standard InChI is InChI=1S/C14H19N5OS.2ClH/c1-10(15)8-12(20)18-3-5-19(6-4-18)13-11-2-7-21-14(11)17-9-16-13;;/h2,7,9-10H,3-6,8,15H2,1H3;2*1H. The number of hydrogen-bond donors (Lipinski definition) is 1. The minimum absolute atomic E-state index is 0. The van der Waals surface area contributed by atoms with Crippen molar-refractivity contribution in [3.63, 3.8) is 0 Å². The lowest BCUT2D eigenvalue weighted by Crippen LogP contribution is -2.49. The molecule has 1 unspecified atom stereocenters. The van der Waals surface area contributed by atoms with E-state index in [9.17, 15) is 4.79 Å². The number of amides is 1. The predicted molar refractivity (Wildman–Crippen MR) is 99.0 cm³/mol. The Kier molecular flexibility index (Phi) is 7.47. The van der Waals surface area contributed by atoms with Gasteiger partial charge in [0.15, 0.2) is 0 Å². The van der Waals surface area contributed by atoms with Gasteiger partial charge < -0.3 is 15.5 Å². The topological polar surface area (TPSA) is 75.4 Å². The Bertz CT molecular complexity index is 643. The van der Waals surface area contributed by atoms with Crippen molar-refractivity contribution < 1.29 is 4.79 Å². The fourth-order valence-corrected chi connectivity index (χ4v) is 3.33. The Labute approximate surface area is 151 Å². The van der Waals surface area contributed by atoms with Crippen LogP contribution in [-0.4, -0.2) is 53.0 Å². The summed E-state index contributed by atoms with van der Waals surface area (Å²) in [7, 11) is 0. The van der Waals surface area contributed by atoms with Crippen molar-refractivity contribution in [2.24, 2.45) is 5.73 Å². The molecule has 0 radical (unpaired) electrons. The molecule has 1 atom stereocenters. The van der Waals surface area contributed by atoms with E-state index in [1.165, 1.54) is 0 Å². The predicted octanol–water partition coefficient (Wildman–Crippen LogP) is 1.92. The number of anilines is 1. The third-order valence-electron chi connectivity index (χ3n) is 3.67. The highest BCUT2D eigenvalue weighted by molar-refractivity contribution is 7.16. The summed E-state index contributed by atoms with van der Waals surface area (Å²) >= 11 is 1.62. The molecule has 1 saturated heterocycles. The Morgan fingerprint density at radius 1 is 1.30 bits per heavy atom. The molecule has 1 amide bonds. The summed E-state index contributed by atoms with van der Waals surface area (Å²) in [4.78, 5) is 25.9. The largest absolute Gasteiger partial charge is 0.352 e. The van der Waals surface area contributed by atoms with E-state index in [4.69, 9.17) is 5.73 Å². The van der Waals surface area contributed by atoms with E-state index in [-0.39, 0.29) is 36.8 Å². The number of nitrogens with zero attached hydrogens (tertiary/aromatic N) is 4. The van der Waals surface area contributed by atoms with Crippen molar-refractivity contribution in [3.05, 3.63) is 17.8 Å². The third kappa shape index (κ3) is 4.44. The average molecular weight is 378 g/mol. The van der Waals surface area contributed by atoms with Crippen LogP contribution in [0, 0.1) is 0 Å². The van der Waals surface area contributed by atoms with Crippen LogP contribution in [0.3, 0.4) is 0 Å². The maximum atomic E-state index is 12.0. The number of nitrogens with two attached hydrogens (primary N) is 1. The molecule has 0 bridgehead atoms. The van der Waals surface area contributed by atoms with Crippen molar-refractivity contribution in [1.82, 2.24) is 14.9 Å². The molecular formula is C14H21Cl2N5OS. The lowest BCUT2D eigenvalue weighted by Gasteiger charge is -2.35. The first-order valence-corrected chi connectivity index (χ1v) is 7.99. The minimum Gasteiger partial charge on any atom is -0.352 e. The van der Waals surface area contributed by atoms with Gasteiger partial charge in [0.05, 0.1) is 5.39 Å². The molecule has 6 nitrogen and oxygen atoms in total. The van der Waals surface area contributed by atoms with Gasteiger partial charge in [-0.15, -0.1) is 36.2 Å². The van der Waals surface area contributed by atoms with Gasteiger partial charge in [-0.2, -0.15) is 0 Å². The molecule has 23 heavy (non-hydrogen) atoms. The minimum atomic E-state index is -0.0807. The number of piperazine rings is 1. The highest BCUT2D eigenvalue weighted by Gasteiger charge is 2.23. The van der Waals surface area contributed by atoms with Gasteiger partial charge in [-0.05, 0) is 18.4 Å². The van der Waals surface area contributed by atoms with E-state index in [0.717, 1.165) is 42.2 Å². The first kappa shape index (κ1) is 19.9. The van der Waals surface area contributed by atoms with Crippen LogP contribution in [0.15, 0.2) is 17.8 Å². The molecule has 0 aromatic carbocycles. The summed E-state index contributed by atoms with van der Waals surface area (Å²) in [6.07, 6.45) is 2.03. The number of carbonyl (C=O) groups excluding carboxylic acids is 1. The quantitative estimate of drug-likeness (QED) is 0.883. The second-order valence-electron chi connectivity index (χ2n) is 5.39. The Morgan fingerprint density at radius 2 is 2.00 bits per heavy atom. The lowest BCUT2D eigenvalue weighted by atomic mass is 10.2. The van der Waals surface area contributed by atoms with Crippen LogP contribution in [0.2, 0.25) is 0 Å². The molecule has 2 aromatic heterocycles. The van der Waals surface area contributed by atoms with Gasteiger partial charge >= 0.3 is 0 Å². The Morgan fingerprint density at radius 3 is 2.65 bits per heavy atom. The molecule has 3 rings (SSSR count). The zero-order chi connectivity index (χ0) is 14.8. The number of thiophene rings is 1. The van der Waals surface area contributed by atoms with Crippen molar-refractivity contribution in [1.29, 1.82) is 0 Å². The van der Waals surface area contributed by atoms with Gasteiger partial charge in [0.2, 0.25) is 5.91 Å². The van der Waals surface area contributed by atoms with Gasteiger partial charge in [0.1, 0.15) is 17.0 Å². The van der Waals surface area contributed by atoms with E-state index in [0.29, 0.717) is 6.42 Å². The van der Waals surface area contributed by atoms with E-state index in [1.54, 1.807) is 17.7 Å². The van der Waals surface area contributed by atoms with E-state index in [1.807, 2.05) is 17.2 Å². The van der Waals surface area contributed by atoms with Gasteiger partial charge in [-0.1, -0.05) is 0 Å². The summed E-state index contributed by atoms with van der Waals surface area (Å²) in [6.45, 7) is 4.91. The normalized spacial score (nSPS) is 15.7. The SMILES string of the molecule is CC(N)CC(=O)N1CCN(c2ncnc3sccc23)CC1.Cl.Cl. The van der Waals surface area contributed by atoms with E-state index < -0.39 is 0 Å². The summed E-state index contributed by atoms with van der Waals surface area (Å²) in [5.74, 6) is 1.12. The molecule has 0 saturated carbocycles. The fourth-order valence-electron chi connectivity index (χ4n) is 2.60. The molecular weight excluding hydrogens is 357 g/mol. The van der Waals surface area contributed by atoms with Gasteiger partial charge in [-0.3, -0.25) is 4.79 Å². The number of aromatic nitrogens is 2. The van der Waals surface area contributed by atoms with Crippen LogP contribution in [0.5, 0.6) is 0 Å². The molecule has 0 aliphatic carbocycles. The fraction of sp³-hybridized carbons (Fsp3) is 0.500. The second-order valence-corrected chi connectivity index (χ2v) is 6.28. The summed E-state index contributed by atoms with van der Waals surface area (Å²) < 4.78 is 0. The molecule has 9 heteroatoms. The molecule has 1 aliphatic rings. The first-order chi connectivity index (χ1) is 10.1. The number of carbonyl (C=O) groups is 1. The molecule has 2 aromatic rings. The monoisotopic (exact) mass is 377 g/mol. The van der Waals surface area contributed by atoms with Crippen molar-refractivity contribution >= 4 is 58.1 Å². The van der Waals surface area contributed by atoms with E-state index >= 15 is 0 Å². The summed E-state index contributed by atoms with van der Waals surface area (Å²) in [6, 6.07) is 1.98. The van der Waals surface area contributed by atoms with Crippen LogP contribution in [0.25, 0.3) is 10.2 Å². The molecule has 128 valence electrons. The van der Waals surface area contributed by atoms with Crippen LogP contribution in [0.4, 0.5) is 5.82 Å². The molecule has 3 heterocycles. The average Bonchev–Trinajstić information content (AvgIpc) is 2.95. The van der Waals surface area contributed by atoms with Gasteiger partial charge in [-0.25, -0.2) is 9.97 Å². The highest BCUT2D eigenvalue weighted by atomic mass is 35.5. The van der Waals surface area contributed by atoms with Crippen molar-refractivity contribution in [2.45, 2.75) is 19.4 Å². The molecule has 2 N–H and O–H groups in total. The summed E-state index contributed by atoms with van der Waals surface area (Å²) in [5.41, 5.74) is 5.70. The van der Waals surface area contributed by atoms with Crippen LogP contribution < -0.4 is 10.6 Å².